The third kappa shape index (κ3) is 6.79. The Morgan fingerprint density at radius 1 is 0.970 bits per heavy atom. The van der Waals surface area contributed by atoms with Gasteiger partial charge in [0.15, 0.2) is 0 Å². The molecule has 0 aliphatic carbocycles. The first kappa shape index (κ1) is 25.2. The standard InChI is InChI=1S/C25H36N4O3S/c1-20(2)24(26)25(30)28-17-16-27(18-21-10-5-4-6-11-21)14-9-15-29(33(3,31)32)23-13-8-7-12-22(23)19-28/h4-8,10-13,20,24H,9,14-19,26H2,1-3H3/t24-/m1/s1. The topological polar surface area (TPSA) is 87.0 Å². The molecule has 0 aromatic heterocycles. The van der Waals surface area contributed by atoms with Crippen molar-refractivity contribution in [2.45, 2.75) is 39.4 Å². The minimum Gasteiger partial charge on any atom is -0.336 e. The zero-order valence-electron chi connectivity index (χ0n) is 19.9. The molecule has 8 heteroatoms. The summed E-state index contributed by atoms with van der Waals surface area (Å²) in [5.41, 5.74) is 8.87. The van der Waals surface area contributed by atoms with E-state index in [2.05, 4.69) is 17.0 Å². The smallest absolute Gasteiger partial charge is 0.240 e. The van der Waals surface area contributed by atoms with Crippen molar-refractivity contribution >= 4 is 21.6 Å². The first-order chi connectivity index (χ1) is 15.7. The van der Waals surface area contributed by atoms with Crippen molar-refractivity contribution in [3.8, 4) is 0 Å². The summed E-state index contributed by atoms with van der Waals surface area (Å²) in [5, 5.41) is 0. The van der Waals surface area contributed by atoms with Crippen LogP contribution in [0.5, 0.6) is 0 Å². The molecule has 2 aromatic carbocycles. The number of amides is 1. The zero-order chi connectivity index (χ0) is 24.0. The van der Waals surface area contributed by atoms with E-state index in [1.54, 1.807) is 4.90 Å². The fourth-order valence-corrected chi connectivity index (χ4v) is 5.13. The van der Waals surface area contributed by atoms with E-state index >= 15 is 0 Å². The van der Waals surface area contributed by atoms with Crippen molar-refractivity contribution in [3.05, 3.63) is 65.7 Å². The molecule has 1 atom stereocenters. The first-order valence-electron chi connectivity index (χ1n) is 11.5. The van der Waals surface area contributed by atoms with Crippen molar-refractivity contribution in [3.63, 3.8) is 0 Å². The van der Waals surface area contributed by atoms with Crippen LogP contribution in [-0.4, -0.2) is 62.6 Å². The van der Waals surface area contributed by atoms with E-state index in [-0.39, 0.29) is 11.8 Å². The van der Waals surface area contributed by atoms with Gasteiger partial charge in [0.1, 0.15) is 0 Å². The molecule has 3 rings (SSSR count). The maximum atomic E-state index is 13.3. The van der Waals surface area contributed by atoms with E-state index in [1.807, 2.05) is 56.3 Å². The highest BCUT2D eigenvalue weighted by atomic mass is 32.2. The summed E-state index contributed by atoms with van der Waals surface area (Å²) >= 11 is 0. The molecule has 2 aromatic rings. The van der Waals surface area contributed by atoms with Gasteiger partial charge in [0.2, 0.25) is 15.9 Å². The molecular weight excluding hydrogens is 436 g/mol. The largest absolute Gasteiger partial charge is 0.336 e. The number of nitrogens with zero attached hydrogens (tertiary/aromatic N) is 3. The number of para-hydroxylation sites is 1. The second-order valence-electron chi connectivity index (χ2n) is 9.11. The minimum atomic E-state index is -3.48. The zero-order valence-corrected chi connectivity index (χ0v) is 20.7. The molecule has 180 valence electrons. The number of nitrogens with two attached hydrogens (primary N) is 1. The van der Waals surface area contributed by atoms with E-state index in [1.165, 1.54) is 16.1 Å². The van der Waals surface area contributed by atoms with Crippen LogP contribution >= 0.6 is 0 Å². The van der Waals surface area contributed by atoms with Crippen LogP contribution in [-0.2, 0) is 27.9 Å². The molecule has 2 N–H and O–H groups in total. The summed E-state index contributed by atoms with van der Waals surface area (Å²) in [5.74, 6) is -0.0940. The molecule has 0 saturated carbocycles. The van der Waals surface area contributed by atoms with Gasteiger partial charge in [-0.2, -0.15) is 0 Å². The number of carbonyl (C=O) groups is 1. The molecule has 1 heterocycles. The van der Waals surface area contributed by atoms with Gasteiger partial charge in [-0.3, -0.25) is 14.0 Å². The lowest BCUT2D eigenvalue weighted by atomic mass is 10.0. The molecule has 0 bridgehead atoms. The van der Waals surface area contributed by atoms with Crippen LogP contribution in [0.4, 0.5) is 5.69 Å². The van der Waals surface area contributed by atoms with Gasteiger partial charge in [-0.25, -0.2) is 8.42 Å². The second kappa shape index (κ2) is 11.1. The molecule has 1 aliphatic heterocycles. The molecule has 0 saturated heterocycles. The number of hydrogen-bond donors (Lipinski definition) is 1. The SMILES string of the molecule is CC(C)[C@@H](N)C(=O)N1CCN(Cc2ccccc2)CCCN(S(C)(=O)=O)c2ccccc2C1. The fraction of sp³-hybridized carbons (Fsp3) is 0.480. The summed E-state index contributed by atoms with van der Waals surface area (Å²) in [7, 11) is -3.48. The Morgan fingerprint density at radius 3 is 2.30 bits per heavy atom. The molecule has 33 heavy (non-hydrogen) atoms. The molecule has 0 unspecified atom stereocenters. The van der Waals surface area contributed by atoms with E-state index in [0.29, 0.717) is 38.3 Å². The summed E-state index contributed by atoms with van der Waals surface area (Å²) in [6.07, 6.45) is 1.93. The molecule has 0 fully saturated rings. The summed E-state index contributed by atoms with van der Waals surface area (Å²) in [6, 6.07) is 17.0. The van der Waals surface area contributed by atoms with Gasteiger partial charge < -0.3 is 10.6 Å². The molecular formula is C25H36N4O3S. The van der Waals surface area contributed by atoms with Crippen molar-refractivity contribution in [1.82, 2.24) is 9.80 Å². The van der Waals surface area contributed by atoms with Gasteiger partial charge >= 0.3 is 0 Å². The van der Waals surface area contributed by atoms with Gasteiger partial charge in [0, 0.05) is 39.3 Å². The number of carbonyl (C=O) groups excluding carboxylic acids is 1. The maximum absolute atomic E-state index is 13.3. The van der Waals surface area contributed by atoms with Crippen LogP contribution in [0.2, 0.25) is 0 Å². The third-order valence-corrected chi connectivity index (χ3v) is 7.29. The number of benzene rings is 2. The van der Waals surface area contributed by atoms with Gasteiger partial charge in [-0.1, -0.05) is 62.4 Å². The van der Waals surface area contributed by atoms with Gasteiger partial charge in [0.05, 0.1) is 18.0 Å². The Labute approximate surface area is 198 Å². The third-order valence-electron chi connectivity index (χ3n) is 6.11. The van der Waals surface area contributed by atoms with Crippen LogP contribution in [0.25, 0.3) is 0 Å². The van der Waals surface area contributed by atoms with Gasteiger partial charge in [-0.05, 0) is 29.5 Å². The Kier molecular flexibility index (Phi) is 8.51. The van der Waals surface area contributed by atoms with Gasteiger partial charge in [-0.15, -0.1) is 0 Å². The second-order valence-corrected chi connectivity index (χ2v) is 11.0. The minimum absolute atomic E-state index is 0.0128. The summed E-state index contributed by atoms with van der Waals surface area (Å²) < 4.78 is 26.9. The van der Waals surface area contributed by atoms with E-state index in [4.69, 9.17) is 5.73 Å². The van der Waals surface area contributed by atoms with E-state index in [0.717, 1.165) is 18.7 Å². The number of anilines is 1. The van der Waals surface area contributed by atoms with Crippen molar-refractivity contribution in [2.24, 2.45) is 11.7 Å². The van der Waals surface area contributed by atoms with Crippen LogP contribution in [0.3, 0.4) is 0 Å². The highest BCUT2D eigenvalue weighted by Crippen LogP contribution is 2.26. The van der Waals surface area contributed by atoms with Crippen LogP contribution in [0, 0.1) is 5.92 Å². The van der Waals surface area contributed by atoms with E-state index in [9.17, 15) is 13.2 Å². The molecule has 0 spiro atoms. The number of sulfonamides is 1. The van der Waals surface area contributed by atoms with Crippen molar-refractivity contribution in [1.29, 1.82) is 0 Å². The summed E-state index contributed by atoms with van der Waals surface area (Å²) in [6.45, 7) is 7.27. The normalized spacial score (nSPS) is 17.4. The van der Waals surface area contributed by atoms with Crippen molar-refractivity contribution in [2.75, 3.05) is 36.7 Å². The van der Waals surface area contributed by atoms with Crippen LogP contribution in [0.15, 0.2) is 54.6 Å². The predicted molar refractivity (Wildman–Crippen MR) is 133 cm³/mol. The lowest BCUT2D eigenvalue weighted by Crippen LogP contribution is -2.48. The van der Waals surface area contributed by atoms with Crippen LogP contribution in [0.1, 0.15) is 31.4 Å². The lowest BCUT2D eigenvalue weighted by Gasteiger charge is -2.31. The Balaban J connectivity index is 1.96. The first-order valence-corrected chi connectivity index (χ1v) is 13.4. The molecule has 1 aliphatic rings. The summed E-state index contributed by atoms with van der Waals surface area (Å²) in [4.78, 5) is 17.4. The Hall–Kier alpha value is -2.42. The average Bonchev–Trinajstić information content (AvgIpc) is 2.81. The average molecular weight is 473 g/mol. The monoisotopic (exact) mass is 472 g/mol. The molecule has 0 radical (unpaired) electrons. The van der Waals surface area contributed by atoms with Gasteiger partial charge in [0.25, 0.3) is 0 Å². The predicted octanol–water partition coefficient (Wildman–Crippen LogP) is 2.67. The van der Waals surface area contributed by atoms with Crippen LogP contribution < -0.4 is 10.0 Å². The Morgan fingerprint density at radius 2 is 1.64 bits per heavy atom. The van der Waals surface area contributed by atoms with Crippen molar-refractivity contribution < 1.29 is 13.2 Å². The molecule has 7 nitrogen and oxygen atoms in total. The number of hydrogen-bond acceptors (Lipinski definition) is 5. The quantitative estimate of drug-likeness (QED) is 0.723. The lowest BCUT2D eigenvalue weighted by molar-refractivity contribution is -0.134. The highest BCUT2D eigenvalue weighted by molar-refractivity contribution is 7.92. The Bertz CT molecular complexity index is 1030. The fourth-order valence-electron chi connectivity index (χ4n) is 4.13. The number of rotatable bonds is 5. The maximum Gasteiger partial charge on any atom is 0.240 e. The molecule has 1 amide bonds. The van der Waals surface area contributed by atoms with E-state index < -0.39 is 16.1 Å². The highest BCUT2D eigenvalue weighted by Gasteiger charge is 2.27. The number of fused-ring (bicyclic) bond motifs is 1.